The van der Waals surface area contributed by atoms with Crippen molar-refractivity contribution in [3.63, 3.8) is 0 Å². The number of imidazole rings is 1. The first-order valence-corrected chi connectivity index (χ1v) is 6.49. The van der Waals surface area contributed by atoms with Crippen LogP contribution in [0.25, 0.3) is 0 Å². The molecule has 0 spiro atoms. The third-order valence-electron chi connectivity index (χ3n) is 3.04. The first-order chi connectivity index (χ1) is 8.83. The van der Waals surface area contributed by atoms with E-state index >= 15 is 0 Å². The summed E-state index contributed by atoms with van der Waals surface area (Å²) in [5.41, 5.74) is 0.939. The number of fused-ring (bicyclic) bond motifs is 1. The number of pyridine rings is 1. The molecular formula is C13H14ClN3O. The van der Waals surface area contributed by atoms with E-state index in [1.165, 1.54) is 12.8 Å². The molecule has 3 rings (SSSR count). The zero-order valence-corrected chi connectivity index (χ0v) is 10.7. The SMILES string of the molecule is Clc1cccnc1OCc1cn2c(n1)CCCC2. The summed E-state index contributed by atoms with van der Waals surface area (Å²) in [7, 11) is 0. The number of hydrogen-bond donors (Lipinski definition) is 0. The number of hydrogen-bond acceptors (Lipinski definition) is 3. The van der Waals surface area contributed by atoms with Crippen LogP contribution in [0.5, 0.6) is 5.88 Å². The number of aryl methyl sites for hydroxylation is 2. The van der Waals surface area contributed by atoms with Crippen molar-refractivity contribution in [3.8, 4) is 5.88 Å². The summed E-state index contributed by atoms with van der Waals surface area (Å²) in [6.45, 7) is 1.48. The Labute approximate surface area is 111 Å². The highest BCUT2D eigenvalue weighted by atomic mass is 35.5. The minimum absolute atomic E-state index is 0.413. The van der Waals surface area contributed by atoms with Gasteiger partial charge in [0.2, 0.25) is 5.88 Å². The molecule has 0 saturated carbocycles. The summed E-state index contributed by atoms with van der Waals surface area (Å²) >= 11 is 5.98. The van der Waals surface area contributed by atoms with Crippen LogP contribution in [0, 0.1) is 0 Å². The van der Waals surface area contributed by atoms with E-state index in [-0.39, 0.29) is 0 Å². The lowest BCUT2D eigenvalue weighted by molar-refractivity contribution is 0.290. The molecule has 0 bridgehead atoms. The van der Waals surface area contributed by atoms with Crippen LogP contribution in [0.1, 0.15) is 24.4 Å². The molecule has 2 aromatic rings. The van der Waals surface area contributed by atoms with Crippen LogP contribution in [-0.2, 0) is 19.6 Å². The fourth-order valence-electron chi connectivity index (χ4n) is 2.16. The largest absolute Gasteiger partial charge is 0.470 e. The molecule has 0 fully saturated rings. The average Bonchev–Trinajstić information content (AvgIpc) is 2.80. The second-order valence-electron chi connectivity index (χ2n) is 4.38. The van der Waals surface area contributed by atoms with Crippen LogP contribution < -0.4 is 4.74 Å². The fourth-order valence-corrected chi connectivity index (χ4v) is 2.34. The van der Waals surface area contributed by atoms with Crippen molar-refractivity contribution in [2.45, 2.75) is 32.4 Å². The molecule has 0 radical (unpaired) electrons. The fraction of sp³-hybridized carbons (Fsp3) is 0.385. The summed E-state index contributed by atoms with van der Waals surface area (Å²) in [6, 6.07) is 3.55. The maximum absolute atomic E-state index is 5.98. The molecule has 0 aromatic carbocycles. The van der Waals surface area contributed by atoms with Gasteiger partial charge in [0.25, 0.3) is 0 Å². The van der Waals surface area contributed by atoms with Gasteiger partial charge in [0.05, 0.1) is 5.69 Å². The second-order valence-corrected chi connectivity index (χ2v) is 4.79. The van der Waals surface area contributed by atoms with Crippen molar-refractivity contribution in [2.75, 3.05) is 0 Å². The molecule has 3 heterocycles. The lowest BCUT2D eigenvalue weighted by Gasteiger charge is -2.11. The Morgan fingerprint density at radius 2 is 2.33 bits per heavy atom. The normalized spacial score (nSPS) is 14.3. The average molecular weight is 264 g/mol. The number of ether oxygens (including phenoxy) is 1. The molecule has 0 saturated heterocycles. The van der Waals surface area contributed by atoms with Crippen molar-refractivity contribution in [1.29, 1.82) is 0 Å². The second kappa shape index (κ2) is 4.98. The Balaban J connectivity index is 1.70. The van der Waals surface area contributed by atoms with Gasteiger partial charge in [-0.3, -0.25) is 0 Å². The van der Waals surface area contributed by atoms with Gasteiger partial charge in [0.15, 0.2) is 0 Å². The molecule has 18 heavy (non-hydrogen) atoms. The topological polar surface area (TPSA) is 39.9 Å². The predicted molar refractivity (Wildman–Crippen MR) is 68.7 cm³/mol. The third kappa shape index (κ3) is 2.34. The van der Waals surface area contributed by atoms with Crippen molar-refractivity contribution >= 4 is 11.6 Å². The molecule has 0 atom stereocenters. The zero-order valence-electron chi connectivity index (χ0n) is 9.97. The molecule has 1 aliphatic heterocycles. The van der Waals surface area contributed by atoms with E-state index in [0.29, 0.717) is 17.5 Å². The monoisotopic (exact) mass is 263 g/mol. The molecule has 0 N–H and O–H groups in total. The highest BCUT2D eigenvalue weighted by molar-refractivity contribution is 6.31. The highest BCUT2D eigenvalue weighted by Gasteiger charge is 2.12. The Kier molecular flexibility index (Phi) is 3.19. The first-order valence-electron chi connectivity index (χ1n) is 6.11. The number of nitrogens with zero attached hydrogens (tertiary/aromatic N) is 3. The van der Waals surface area contributed by atoms with Gasteiger partial charge < -0.3 is 9.30 Å². The maximum atomic E-state index is 5.98. The molecule has 0 aliphatic carbocycles. The van der Waals surface area contributed by atoms with Crippen LogP contribution in [0.2, 0.25) is 5.02 Å². The van der Waals surface area contributed by atoms with Gasteiger partial charge in [-0.15, -0.1) is 0 Å². The van der Waals surface area contributed by atoms with Crippen LogP contribution in [-0.4, -0.2) is 14.5 Å². The Bertz CT molecular complexity index is 529. The van der Waals surface area contributed by atoms with Gasteiger partial charge in [-0.2, -0.15) is 0 Å². The zero-order chi connectivity index (χ0) is 12.4. The summed E-state index contributed by atoms with van der Waals surface area (Å²) in [6.07, 6.45) is 7.24. The molecule has 0 amide bonds. The molecular weight excluding hydrogens is 250 g/mol. The summed E-state index contributed by atoms with van der Waals surface area (Å²) in [5.74, 6) is 1.62. The van der Waals surface area contributed by atoms with Gasteiger partial charge in [0, 0.05) is 25.4 Å². The summed E-state index contributed by atoms with van der Waals surface area (Å²) in [5, 5.41) is 0.529. The summed E-state index contributed by atoms with van der Waals surface area (Å²) in [4.78, 5) is 8.65. The summed E-state index contributed by atoms with van der Waals surface area (Å²) < 4.78 is 7.79. The smallest absolute Gasteiger partial charge is 0.232 e. The van der Waals surface area contributed by atoms with E-state index in [2.05, 4.69) is 20.7 Å². The van der Waals surface area contributed by atoms with Gasteiger partial charge in [0.1, 0.15) is 17.5 Å². The van der Waals surface area contributed by atoms with Crippen molar-refractivity contribution in [3.05, 3.63) is 41.1 Å². The van der Waals surface area contributed by atoms with E-state index in [4.69, 9.17) is 16.3 Å². The van der Waals surface area contributed by atoms with Crippen molar-refractivity contribution in [1.82, 2.24) is 14.5 Å². The van der Waals surface area contributed by atoms with E-state index in [0.717, 1.165) is 24.5 Å². The van der Waals surface area contributed by atoms with E-state index in [1.807, 2.05) is 0 Å². The van der Waals surface area contributed by atoms with Gasteiger partial charge in [-0.25, -0.2) is 9.97 Å². The van der Waals surface area contributed by atoms with Crippen molar-refractivity contribution in [2.24, 2.45) is 0 Å². The van der Waals surface area contributed by atoms with E-state index in [1.54, 1.807) is 18.3 Å². The minimum atomic E-state index is 0.413. The highest BCUT2D eigenvalue weighted by Crippen LogP contribution is 2.21. The van der Waals surface area contributed by atoms with Gasteiger partial charge in [-0.05, 0) is 25.0 Å². The van der Waals surface area contributed by atoms with E-state index < -0.39 is 0 Å². The molecule has 4 nitrogen and oxygen atoms in total. The van der Waals surface area contributed by atoms with Crippen molar-refractivity contribution < 1.29 is 4.74 Å². The lowest BCUT2D eigenvalue weighted by Crippen LogP contribution is -2.08. The van der Waals surface area contributed by atoms with Gasteiger partial charge >= 0.3 is 0 Å². The van der Waals surface area contributed by atoms with Crippen LogP contribution >= 0.6 is 11.6 Å². The number of aromatic nitrogens is 3. The minimum Gasteiger partial charge on any atom is -0.470 e. The van der Waals surface area contributed by atoms with Crippen LogP contribution in [0.15, 0.2) is 24.5 Å². The quantitative estimate of drug-likeness (QED) is 0.855. The Hall–Kier alpha value is -1.55. The first kappa shape index (κ1) is 11.5. The molecule has 94 valence electrons. The predicted octanol–water partition coefficient (Wildman–Crippen LogP) is 2.85. The van der Waals surface area contributed by atoms with Crippen LogP contribution in [0.3, 0.4) is 0 Å². The lowest BCUT2D eigenvalue weighted by atomic mass is 10.2. The number of halogens is 1. The van der Waals surface area contributed by atoms with E-state index in [9.17, 15) is 0 Å². The maximum Gasteiger partial charge on any atom is 0.232 e. The molecule has 0 unspecified atom stereocenters. The Morgan fingerprint density at radius 3 is 3.17 bits per heavy atom. The third-order valence-corrected chi connectivity index (χ3v) is 3.33. The van der Waals surface area contributed by atoms with Crippen LogP contribution in [0.4, 0.5) is 0 Å². The molecule has 1 aliphatic rings. The Morgan fingerprint density at radius 1 is 1.39 bits per heavy atom. The standard InChI is InChI=1S/C13H14ClN3O/c14-11-4-3-6-15-13(11)18-9-10-8-17-7-2-1-5-12(17)16-10/h3-4,6,8H,1-2,5,7,9H2. The van der Waals surface area contributed by atoms with Gasteiger partial charge in [-0.1, -0.05) is 11.6 Å². The number of rotatable bonds is 3. The molecule has 2 aromatic heterocycles. The molecule has 5 heteroatoms.